The van der Waals surface area contributed by atoms with Crippen LogP contribution in [0.2, 0.25) is 0 Å². The molecule has 2 rings (SSSR count). The fourth-order valence-corrected chi connectivity index (χ4v) is 2.85. The predicted octanol–water partition coefficient (Wildman–Crippen LogP) is 2.66. The first-order valence-electron chi connectivity index (χ1n) is 8.09. The molecule has 1 fully saturated rings. The van der Waals surface area contributed by atoms with E-state index < -0.39 is 0 Å². The number of hydrogen-bond acceptors (Lipinski definition) is 3. The van der Waals surface area contributed by atoms with Crippen LogP contribution in [0.1, 0.15) is 55.0 Å². The van der Waals surface area contributed by atoms with E-state index in [1.54, 1.807) is 17.9 Å². The molecule has 1 aromatic rings. The summed E-state index contributed by atoms with van der Waals surface area (Å²) in [4.78, 5) is 26.7. The minimum absolute atomic E-state index is 0.0320. The first-order valence-corrected chi connectivity index (χ1v) is 8.09. The van der Waals surface area contributed by atoms with Gasteiger partial charge in [-0.25, -0.2) is 0 Å². The summed E-state index contributed by atoms with van der Waals surface area (Å²) in [5.74, 6) is 1.31. The first-order chi connectivity index (χ1) is 10.4. The smallest absolute Gasteiger partial charge is 0.257 e. The van der Waals surface area contributed by atoms with Crippen LogP contribution in [0, 0.1) is 19.8 Å². The average Bonchev–Trinajstić information content (AvgIpc) is 2.85. The molecule has 0 aromatic carbocycles. The van der Waals surface area contributed by atoms with Crippen LogP contribution < -0.4 is 5.32 Å². The topological polar surface area (TPSA) is 62.6 Å². The largest absolute Gasteiger partial charge is 0.466 e. The lowest BCUT2D eigenvalue weighted by Crippen LogP contribution is -2.47. The van der Waals surface area contributed by atoms with E-state index in [-0.39, 0.29) is 23.8 Å². The van der Waals surface area contributed by atoms with Crippen molar-refractivity contribution in [3.8, 4) is 0 Å². The molecule has 2 amide bonds. The molecule has 0 unspecified atom stereocenters. The van der Waals surface area contributed by atoms with Crippen LogP contribution in [-0.2, 0) is 4.79 Å². The number of nitrogens with zero attached hydrogens (tertiary/aromatic N) is 1. The second-order valence-corrected chi connectivity index (χ2v) is 6.24. The van der Waals surface area contributed by atoms with Gasteiger partial charge in [0, 0.05) is 19.1 Å². The molecule has 0 aliphatic carbocycles. The Morgan fingerprint density at radius 3 is 2.77 bits per heavy atom. The van der Waals surface area contributed by atoms with Crippen molar-refractivity contribution < 1.29 is 14.0 Å². The van der Waals surface area contributed by atoms with Crippen molar-refractivity contribution in [3.05, 3.63) is 23.2 Å². The van der Waals surface area contributed by atoms with E-state index in [0.717, 1.165) is 25.0 Å². The van der Waals surface area contributed by atoms with Crippen LogP contribution in [-0.4, -0.2) is 35.8 Å². The standard InChI is InChI=1S/C17H26N2O3/c1-5-11(2)18-16(20)14-7-6-8-19(10-14)17(21)15-9-12(3)22-13(15)4/h9,11,14H,5-8,10H2,1-4H3,(H,18,20)/t11-,14-/m1/s1. The molecule has 122 valence electrons. The van der Waals surface area contributed by atoms with Crippen molar-refractivity contribution in [1.29, 1.82) is 0 Å². The molecule has 1 aliphatic rings. The number of carbonyl (C=O) groups excluding carboxylic acids is 2. The number of aryl methyl sites for hydroxylation is 2. The van der Waals surface area contributed by atoms with Crippen LogP contribution in [0.3, 0.4) is 0 Å². The second-order valence-electron chi connectivity index (χ2n) is 6.24. The minimum Gasteiger partial charge on any atom is -0.466 e. The molecule has 5 heteroatoms. The lowest BCUT2D eigenvalue weighted by Gasteiger charge is -2.32. The van der Waals surface area contributed by atoms with Crippen molar-refractivity contribution in [3.63, 3.8) is 0 Å². The molecule has 5 nitrogen and oxygen atoms in total. The van der Waals surface area contributed by atoms with Gasteiger partial charge in [-0.15, -0.1) is 0 Å². The summed E-state index contributed by atoms with van der Waals surface area (Å²) >= 11 is 0. The Balaban J connectivity index is 2.02. The van der Waals surface area contributed by atoms with E-state index in [1.165, 1.54) is 0 Å². The van der Waals surface area contributed by atoms with E-state index in [4.69, 9.17) is 4.42 Å². The van der Waals surface area contributed by atoms with Crippen molar-refractivity contribution >= 4 is 11.8 Å². The highest BCUT2D eigenvalue weighted by Crippen LogP contribution is 2.22. The summed E-state index contributed by atoms with van der Waals surface area (Å²) in [5.41, 5.74) is 0.612. The average molecular weight is 306 g/mol. The number of rotatable bonds is 4. The summed E-state index contributed by atoms with van der Waals surface area (Å²) in [7, 11) is 0. The SMILES string of the molecule is CC[C@@H](C)NC(=O)[C@@H]1CCCN(C(=O)c2cc(C)oc2C)C1. The number of amides is 2. The van der Waals surface area contributed by atoms with Gasteiger partial charge in [0.15, 0.2) is 0 Å². The Labute approximate surface area is 132 Å². The fourth-order valence-electron chi connectivity index (χ4n) is 2.85. The normalized spacial score (nSPS) is 19.8. The van der Waals surface area contributed by atoms with Crippen LogP contribution in [0.5, 0.6) is 0 Å². The van der Waals surface area contributed by atoms with Crippen LogP contribution >= 0.6 is 0 Å². The molecule has 2 heterocycles. The molecule has 0 bridgehead atoms. The maximum Gasteiger partial charge on any atom is 0.257 e. The Kier molecular flexibility index (Phi) is 5.27. The number of nitrogens with one attached hydrogen (secondary N) is 1. The first kappa shape index (κ1) is 16.6. The van der Waals surface area contributed by atoms with Gasteiger partial charge >= 0.3 is 0 Å². The van der Waals surface area contributed by atoms with Gasteiger partial charge in [0.2, 0.25) is 5.91 Å². The van der Waals surface area contributed by atoms with Gasteiger partial charge in [-0.1, -0.05) is 6.92 Å². The van der Waals surface area contributed by atoms with Gasteiger partial charge < -0.3 is 14.6 Å². The summed E-state index contributed by atoms with van der Waals surface area (Å²) in [6.07, 6.45) is 2.62. The molecule has 0 radical (unpaired) electrons. The predicted molar refractivity (Wildman–Crippen MR) is 84.7 cm³/mol. The van der Waals surface area contributed by atoms with E-state index in [1.807, 2.05) is 20.8 Å². The summed E-state index contributed by atoms with van der Waals surface area (Å²) < 4.78 is 5.44. The number of furan rings is 1. The molecular formula is C17H26N2O3. The van der Waals surface area contributed by atoms with Crippen molar-refractivity contribution in [2.45, 2.75) is 53.0 Å². The van der Waals surface area contributed by atoms with Gasteiger partial charge in [-0.3, -0.25) is 9.59 Å². The van der Waals surface area contributed by atoms with Crippen LogP contribution in [0.15, 0.2) is 10.5 Å². The van der Waals surface area contributed by atoms with Gasteiger partial charge in [-0.05, 0) is 46.1 Å². The monoisotopic (exact) mass is 306 g/mol. The Morgan fingerprint density at radius 2 is 2.18 bits per heavy atom. The Hall–Kier alpha value is -1.78. The van der Waals surface area contributed by atoms with Gasteiger partial charge in [0.05, 0.1) is 11.5 Å². The maximum atomic E-state index is 12.6. The van der Waals surface area contributed by atoms with Crippen molar-refractivity contribution in [2.75, 3.05) is 13.1 Å². The molecule has 2 atom stereocenters. The van der Waals surface area contributed by atoms with Gasteiger partial charge in [-0.2, -0.15) is 0 Å². The van der Waals surface area contributed by atoms with E-state index >= 15 is 0 Å². The zero-order chi connectivity index (χ0) is 16.3. The lowest BCUT2D eigenvalue weighted by atomic mass is 9.96. The third kappa shape index (κ3) is 3.70. The molecule has 1 N–H and O–H groups in total. The third-order valence-corrected chi connectivity index (χ3v) is 4.35. The summed E-state index contributed by atoms with van der Waals surface area (Å²) in [6.45, 7) is 8.88. The second kappa shape index (κ2) is 6.99. The quantitative estimate of drug-likeness (QED) is 0.930. The zero-order valence-corrected chi connectivity index (χ0v) is 13.9. The fraction of sp³-hybridized carbons (Fsp3) is 0.647. The Morgan fingerprint density at radius 1 is 1.45 bits per heavy atom. The van der Waals surface area contributed by atoms with Crippen molar-refractivity contribution in [1.82, 2.24) is 10.2 Å². The van der Waals surface area contributed by atoms with E-state index in [2.05, 4.69) is 5.32 Å². The van der Waals surface area contributed by atoms with E-state index in [0.29, 0.717) is 24.4 Å². The van der Waals surface area contributed by atoms with Crippen LogP contribution in [0.4, 0.5) is 0 Å². The van der Waals surface area contributed by atoms with E-state index in [9.17, 15) is 9.59 Å². The minimum atomic E-state index is -0.111. The third-order valence-electron chi connectivity index (χ3n) is 4.35. The number of piperidine rings is 1. The molecular weight excluding hydrogens is 280 g/mol. The van der Waals surface area contributed by atoms with Crippen molar-refractivity contribution in [2.24, 2.45) is 5.92 Å². The number of likely N-dealkylation sites (tertiary alicyclic amines) is 1. The molecule has 1 aromatic heterocycles. The molecule has 1 saturated heterocycles. The lowest BCUT2D eigenvalue weighted by molar-refractivity contribution is -0.126. The zero-order valence-electron chi connectivity index (χ0n) is 13.9. The molecule has 22 heavy (non-hydrogen) atoms. The highest BCUT2D eigenvalue weighted by molar-refractivity contribution is 5.95. The Bertz CT molecular complexity index is 550. The molecule has 1 aliphatic heterocycles. The van der Waals surface area contributed by atoms with Gasteiger partial charge in [0.25, 0.3) is 5.91 Å². The molecule has 0 saturated carbocycles. The summed E-state index contributed by atoms with van der Waals surface area (Å²) in [5, 5.41) is 3.02. The molecule has 0 spiro atoms. The van der Waals surface area contributed by atoms with Crippen LogP contribution in [0.25, 0.3) is 0 Å². The van der Waals surface area contributed by atoms with Gasteiger partial charge in [0.1, 0.15) is 11.5 Å². The maximum absolute atomic E-state index is 12.6. The number of hydrogen-bond donors (Lipinski definition) is 1. The number of carbonyl (C=O) groups is 2. The highest BCUT2D eigenvalue weighted by atomic mass is 16.3. The highest BCUT2D eigenvalue weighted by Gasteiger charge is 2.30. The summed E-state index contributed by atoms with van der Waals surface area (Å²) in [6, 6.07) is 1.96.